The van der Waals surface area contributed by atoms with Crippen LogP contribution >= 0.6 is 0 Å². The number of amides is 2. The Hall–Kier alpha value is -2.34. The van der Waals surface area contributed by atoms with Crippen LogP contribution in [0.25, 0.3) is 10.9 Å². The lowest BCUT2D eigenvalue weighted by atomic mass is 9.84. The van der Waals surface area contributed by atoms with Crippen molar-refractivity contribution in [3.05, 3.63) is 30.5 Å². The molecule has 1 aliphatic heterocycles. The molecule has 3 rings (SSSR count). The van der Waals surface area contributed by atoms with Gasteiger partial charge in [0, 0.05) is 25.4 Å². The van der Waals surface area contributed by atoms with Crippen molar-refractivity contribution in [2.45, 2.75) is 32.7 Å². The van der Waals surface area contributed by atoms with Gasteiger partial charge in [0.05, 0.1) is 5.52 Å². The molecule has 2 aromatic rings. The van der Waals surface area contributed by atoms with E-state index in [2.05, 4.69) is 22.9 Å². The van der Waals surface area contributed by atoms with Gasteiger partial charge in [0.25, 0.3) is 0 Å². The topological polar surface area (TPSA) is 75.2 Å². The maximum atomic E-state index is 12.5. The van der Waals surface area contributed by atoms with Crippen LogP contribution in [0.15, 0.2) is 30.5 Å². The number of hydrogen-bond donors (Lipinski definition) is 3. The Morgan fingerprint density at radius 1 is 1.23 bits per heavy atom. The molecule has 0 spiro atoms. The second-order valence-corrected chi connectivity index (χ2v) is 7.21. The third kappa shape index (κ3) is 4.43. The molecule has 1 fully saturated rings. The summed E-state index contributed by atoms with van der Waals surface area (Å²) in [7, 11) is 1.63. The zero-order valence-electron chi connectivity index (χ0n) is 15.5. The first-order valence-corrected chi connectivity index (χ1v) is 9.37. The lowest BCUT2D eigenvalue weighted by molar-refractivity contribution is -0.121. The first kappa shape index (κ1) is 18.5. The number of carbonyl (C=O) groups excluding carboxylic acids is 2. The van der Waals surface area contributed by atoms with Crippen LogP contribution in [-0.2, 0) is 16.1 Å². The van der Waals surface area contributed by atoms with Gasteiger partial charge >= 0.3 is 0 Å². The smallest absolute Gasteiger partial charge is 0.239 e. The van der Waals surface area contributed by atoms with E-state index in [-0.39, 0.29) is 18.4 Å². The highest BCUT2D eigenvalue weighted by molar-refractivity contribution is 5.94. The quantitative estimate of drug-likeness (QED) is 0.744. The number of benzene rings is 1. The fraction of sp³-hybridized carbons (Fsp3) is 0.500. The first-order chi connectivity index (χ1) is 12.6. The van der Waals surface area contributed by atoms with Gasteiger partial charge in [0.1, 0.15) is 6.54 Å². The zero-order valence-corrected chi connectivity index (χ0v) is 15.5. The molecule has 26 heavy (non-hydrogen) atoms. The minimum atomic E-state index is -0.0484. The monoisotopic (exact) mass is 356 g/mol. The molecule has 1 saturated heterocycles. The van der Waals surface area contributed by atoms with Gasteiger partial charge < -0.3 is 20.5 Å². The molecule has 0 saturated carbocycles. The number of likely N-dealkylation sites (N-methyl/N-ethyl adjacent to an activating group) is 1. The molecule has 1 aromatic heterocycles. The predicted molar refractivity (Wildman–Crippen MR) is 104 cm³/mol. The summed E-state index contributed by atoms with van der Waals surface area (Å²) in [6, 6.07) is 7.80. The van der Waals surface area contributed by atoms with Gasteiger partial charge in [-0.15, -0.1) is 0 Å². The number of rotatable bonds is 6. The zero-order chi connectivity index (χ0) is 18.5. The van der Waals surface area contributed by atoms with E-state index in [1.807, 2.05) is 35.0 Å². The molecular formula is C20H28N4O2. The molecule has 6 heteroatoms. The summed E-state index contributed by atoms with van der Waals surface area (Å²) >= 11 is 0. The minimum absolute atomic E-state index is 0.0484. The second-order valence-electron chi connectivity index (χ2n) is 7.21. The highest BCUT2D eigenvalue weighted by Crippen LogP contribution is 2.25. The highest BCUT2D eigenvalue weighted by Gasteiger charge is 2.22. The summed E-state index contributed by atoms with van der Waals surface area (Å²) < 4.78 is 1.89. The van der Waals surface area contributed by atoms with Crippen LogP contribution in [0, 0.1) is 11.8 Å². The standard InChI is InChI=1S/C20H28N4O2/c1-14(15-5-8-22-9-6-15)11-19(25)23-17-4-3-16-7-10-24(18(16)12-17)13-20(26)21-2/h3-4,7,10,12,14-15,22H,5-6,8-9,11,13H2,1-2H3,(H,21,26)(H,23,25). The predicted octanol–water partition coefficient (Wildman–Crippen LogP) is 2.35. The second kappa shape index (κ2) is 8.36. The Labute approximate surface area is 154 Å². The van der Waals surface area contributed by atoms with Gasteiger partial charge in [-0.2, -0.15) is 0 Å². The molecule has 0 bridgehead atoms. The van der Waals surface area contributed by atoms with Crippen LogP contribution in [-0.4, -0.2) is 36.5 Å². The van der Waals surface area contributed by atoms with Gasteiger partial charge in [-0.3, -0.25) is 9.59 Å². The van der Waals surface area contributed by atoms with Crippen molar-refractivity contribution in [1.82, 2.24) is 15.2 Å². The molecule has 3 N–H and O–H groups in total. The third-order valence-electron chi connectivity index (χ3n) is 5.35. The van der Waals surface area contributed by atoms with Crippen molar-refractivity contribution in [1.29, 1.82) is 0 Å². The largest absolute Gasteiger partial charge is 0.358 e. The maximum Gasteiger partial charge on any atom is 0.239 e. The van der Waals surface area contributed by atoms with Crippen LogP contribution < -0.4 is 16.0 Å². The summed E-state index contributed by atoms with van der Waals surface area (Å²) in [5.74, 6) is 1.01. The van der Waals surface area contributed by atoms with E-state index in [4.69, 9.17) is 0 Å². The Bertz CT molecular complexity index is 777. The fourth-order valence-electron chi connectivity index (χ4n) is 3.72. The van der Waals surface area contributed by atoms with Crippen molar-refractivity contribution in [2.75, 3.05) is 25.5 Å². The molecule has 0 radical (unpaired) electrons. The normalized spacial score (nSPS) is 16.4. The molecule has 0 aliphatic carbocycles. The number of anilines is 1. The summed E-state index contributed by atoms with van der Waals surface area (Å²) in [4.78, 5) is 24.1. The number of aromatic nitrogens is 1. The van der Waals surface area contributed by atoms with Crippen LogP contribution in [0.5, 0.6) is 0 Å². The highest BCUT2D eigenvalue weighted by atomic mass is 16.2. The molecule has 140 valence electrons. The number of piperidine rings is 1. The van der Waals surface area contributed by atoms with Crippen molar-refractivity contribution in [3.8, 4) is 0 Å². The molecule has 1 atom stereocenters. The number of nitrogens with zero attached hydrogens (tertiary/aromatic N) is 1. The van der Waals surface area contributed by atoms with E-state index < -0.39 is 0 Å². The van der Waals surface area contributed by atoms with Gasteiger partial charge in [-0.05, 0) is 61.4 Å². The maximum absolute atomic E-state index is 12.5. The van der Waals surface area contributed by atoms with Crippen LogP contribution in [0.3, 0.4) is 0 Å². The van der Waals surface area contributed by atoms with Crippen molar-refractivity contribution >= 4 is 28.4 Å². The van der Waals surface area contributed by atoms with E-state index in [0.29, 0.717) is 18.3 Å². The summed E-state index contributed by atoms with van der Waals surface area (Å²) in [5, 5.41) is 10.1. The Balaban J connectivity index is 1.65. The van der Waals surface area contributed by atoms with E-state index >= 15 is 0 Å². The Morgan fingerprint density at radius 2 is 2.00 bits per heavy atom. The molecule has 1 aliphatic rings. The average molecular weight is 356 g/mol. The van der Waals surface area contributed by atoms with Crippen molar-refractivity contribution < 1.29 is 9.59 Å². The van der Waals surface area contributed by atoms with Crippen LogP contribution in [0.4, 0.5) is 5.69 Å². The number of nitrogens with one attached hydrogen (secondary N) is 3. The van der Waals surface area contributed by atoms with Gasteiger partial charge in [0.2, 0.25) is 11.8 Å². The van der Waals surface area contributed by atoms with Crippen LogP contribution in [0.1, 0.15) is 26.2 Å². The first-order valence-electron chi connectivity index (χ1n) is 9.37. The lowest BCUT2D eigenvalue weighted by Gasteiger charge is -2.27. The van der Waals surface area contributed by atoms with Crippen LogP contribution in [0.2, 0.25) is 0 Å². The molecule has 2 amide bonds. The van der Waals surface area contributed by atoms with E-state index in [9.17, 15) is 9.59 Å². The Morgan fingerprint density at radius 3 is 2.73 bits per heavy atom. The summed E-state index contributed by atoms with van der Waals surface area (Å²) in [5.41, 5.74) is 1.72. The molecule has 6 nitrogen and oxygen atoms in total. The Kier molecular flexibility index (Phi) is 5.93. The average Bonchev–Trinajstić information content (AvgIpc) is 3.04. The van der Waals surface area contributed by atoms with E-state index in [0.717, 1.165) is 42.5 Å². The summed E-state index contributed by atoms with van der Waals surface area (Å²) in [6.45, 7) is 4.54. The summed E-state index contributed by atoms with van der Waals surface area (Å²) in [6.07, 6.45) is 4.73. The fourth-order valence-corrected chi connectivity index (χ4v) is 3.72. The lowest BCUT2D eigenvalue weighted by Crippen LogP contribution is -2.32. The molecule has 2 heterocycles. The minimum Gasteiger partial charge on any atom is -0.358 e. The molecular weight excluding hydrogens is 328 g/mol. The number of hydrogen-bond acceptors (Lipinski definition) is 3. The van der Waals surface area contributed by atoms with Gasteiger partial charge in [0.15, 0.2) is 0 Å². The number of fused-ring (bicyclic) bond motifs is 1. The van der Waals surface area contributed by atoms with E-state index in [1.54, 1.807) is 7.05 Å². The number of carbonyl (C=O) groups is 2. The van der Waals surface area contributed by atoms with E-state index in [1.165, 1.54) is 0 Å². The van der Waals surface area contributed by atoms with Crippen molar-refractivity contribution in [3.63, 3.8) is 0 Å². The van der Waals surface area contributed by atoms with Gasteiger partial charge in [-0.1, -0.05) is 13.0 Å². The SMILES string of the molecule is CNC(=O)Cn1ccc2ccc(NC(=O)CC(C)C3CCNCC3)cc21. The molecule has 1 unspecified atom stereocenters. The van der Waals surface area contributed by atoms with Crippen molar-refractivity contribution in [2.24, 2.45) is 11.8 Å². The molecule has 1 aromatic carbocycles. The third-order valence-corrected chi connectivity index (χ3v) is 5.35. The van der Waals surface area contributed by atoms with Gasteiger partial charge in [-0.25, -0.2) is 0 Å².